The predicted molar refractivity (Wildman–Crippen MR) is 106 cm³/mol. The van der Waals surface area contributed by atoms with E-state index in [1.807, 2.05) is 0 Å². The maximum atomic E-state index is 11.9. The lowest BCUT2D eigenvalue weighted by molar-refractivity contribution is -0.161. The van der Waals surface area contributed by atoms with Crippen LogP contribution in [0.4, 0.5) is 0 Å². The number of hydrogen-bond donors (Lipinski definition) is 2. The molecule has 0 fully saturated rings. The summed E-state index contributed by atoms with van der Waals surface area (Å²) in [5, 5.41) is 0. The molecule has 0 heterocycles. The third-order valence-corrected chi connectivity index (χ3v) is 4.61. The molecule has 0 aromatic heterocycles. The summed E-state index contributed by atoms with van der Waals surface area (Å²) in [4.78, 5) is 41.3. The fraction of sp³-hybridized carbons (Fsp3) is 0.895. The van der Waals surface area contributed by atoms with Crippen LogP contribution in [0.5, 0.6) is 0 Å². The van der Waals surface area contributed by atoms with Gasteiger partial charge < -0.3 is 19.3 Å². The smallest absolute Gasteiger partial charge is 0.462 e. The van der Waals surface area contributed by atoms with Gasteiger partial charge in [-0.3, -0.25) is 14.1 Å². The molecule has 2 N–H and O–H groups in total. The van der Waals surface area contributed by atoms with Crippen LogP contribution in [0.3, 0.4) is 0 Å². The van der Waals surface area contributed by atoms with Crippen LogP contribution in [0.15, 0.2) is 0 Å². The number of esters is 2. The molecule has 0 aromatic rings. The Kier molecular flexibility index (Phi) is 16.4. The summed E-state index contributed by atoms with van der Waals surface area (Å²) < 4.78 is 25.5. The Hall–Kier alpha value is -0.950. The molecule has 9 heteroatoms. The molecule has 0 bridgehead atoms. The largest absolute Gasteiger partial charge is 0.469 e. The van der Waals surface area contributed by atoms with Gasteiger partial charge in [-0.25, -0.2) is 4.57 Å². The lowest BCUT2D eigenvalue weighted by Crippen LogP contribution is -2.29. The zero-order valence-corrected chi connectivity index (χ0v) is 18.2. The molecule has 0 aromatic carbocycles. The molecule has 0 radical (unpaired) electrons. The molecule has 0 saturated heterocycles. The van der Waals surface area contributed by atoms with Gasteiger partial charge in [0.25, 0.3) is 0 Å². The number of rotatable bonds is 18. The van der Waals surface area contributed by atoms with Gasteiger partial charge in [0.05, 0.1) is 6.61 Å². The van der Waals surface area contributed by atoms with Gasteiger partial charge in [0.2, 0.25) is 0 Å². The molecular weight excluding hydrogens is 387 g/mol. The molecule has 0 spiro atoms. The van der Waals surface area contributed by atoms with Crippen LogP contribution < -0.4 is 0 Å². The second kappa shape index (κ2) is 17.0. The first-order valence-corrected chi connectivity index (χ1v) is 11.9. The summed E-state index contributed by atoms with van der Waals surface area (Å²) in [6.07, 6.45) is 9.34. The quantitative estimate of drug-likeness (QED) is 0.190. The van der Waals surface area contributed by atoms with E-state index >= 15 is 0 Å². The minimum absolute atomic E-state index is 0.206. The zero-order valence-electron chi connectivity index (χ0n) is 17.3. The Morgan fingerprint density at radius 3 is 1.86 bits per heavy atom. The number of carbonyl (C=O) groups excluding carboxylic acids is 2. The molecule has 0 aliphatic carbocycles. The highest BCUT2D eigenvalue weighted by atomic mass is 31.2. The first-order valence-electron chi connectivity index (χ1n) is 10.3. The predicted octanol–water partition coefficient (Wildman–Crippen LogP) is 4.27. The molecule has 0 rings (SSSR count). The lowest BCUT2D eigenvalue weighted by atomic mass is 10.1. The molecule has 166 valence electrons. The number of ether oxygens (including phenoxy) is 2. The van der Waals surface area contributed by atoms with E-state index in [4.69, 9.17) is 19.3 Å². The van der Waals surface area contributed by atoms with Gasteiger partial charge in [-0.05, 0) is 12.8 Å². The number of phosphoric ester groups is 1. The van der Waals surface area contributed by atoms with Crippen LogP contribution in [0.25, 0.3) is 0 Å². The van der Waals surface area contributed by atoms with Crippen molar-refractivity contribution in [2.75, 3.05) is 13.2 Å². The second-order valence-corrected chi connectivity index (χ2v) is 8.15. The summed E-state index contributed by atoms with van der Waals surface area (Å²) >= 11 is 0. The second-order valence-electron chi connectivity index (χ2n) is 6.91. The van der Waals surface area contributed by atoms with Gasteiger partial charge in [0.15, 0.2) is 6.10 Å². The number of phosphoric acid groups is 1. The summed E-state index contributed by atoms with van der Waals surface area (Å²) in [6, 6.07) is 0. The SMILES string of the molecule is CCCCCCCCC(=O)OC[C@@H](COP(=O)(O)O)OC(=O)CCCCCC. The van der Waals surface area contributed by atoms with Crippen molar-refractivity contribution in [1.29, 1.82) is 0 Å². The average Bonchev–Trinajstić information content (AvgIpc) is 2.63. The van der Waals surface area contributed by atoms with Crippen molar-refractivity contribution in [3.05, 3.63) is 0 Å². The van der Waals surface area contributed by atoms with Crippen LogP contribution in [-0.2, 0) is 28.2 Å². The average molecular weight is 424 g/mol. The number of unbranched alkanes of at least 4 members (excludes halogenated alkanes) is 8. The Labute approximate surface area is 168 Å². The van der Waals surface area contributed by atoms with Crippen molar-refractivity contribution in [1.82, 2.24) is 0 Å². The van der Waals surface area contributed by atoms with Gasteiger partial charge in [-0.1, -0.05) is 65.2 Å². The van der Waals surface area contributed by atoms with E-state index in [-0.39, 0.29) is 19.4 Å². The minimum Gasteiger partial charge on any atom is -0.462 e. The summed E-state index contributed by atoms with van der Waals surface area (Å²) in [6.45, 7) is 3.39. The van der Waals surface area contributed by atoms with E-state index < -0.39 is 32.5 Å². The highest BCUT2D eigenvalue weighted by molar-refractivity contribution is 7.46. The third-order valence-electron chi connectivity index (χ3n) is 4.13. The number of carbonyl (C=O) groups is 2. The van der Waals surface area contributed by atoms with Crippen LogP contribution in [0.2, 0.25) is 0 Å². The summed E-state index contributed by atoms with van der Waals surface area (Å²) in [5.74, 6) is -0.918. The molecule has 8 nitrogen and oxygen atoms in total. The first kappa shape index (κ1) is 27.0. The minimum atomic E-state index is -4.70. The molecular formula is C19H37O8P. The standard InChI is InChI=1S/C19H37O8P/c1-3-5-7-9-10-12-13-18(20)25-15-17(16-26-28(22,23)24)27-19(21)14-11-8-6-4-2/h17H,3-16H2,1-2H3,(H2,22,23,24)/t17-/m0/s1. The van der Waals surface area contributed by atoms with E-state index in [0.29, 0.717) is 6.42 Å². The first-order chi connectivity index (χ1) is 13.3. The van der Waals surface area contributed by atoms with Crippen molar-refractivity contribution in [2.45, 2.75) is 97.0 Å². The normalized spacial score (nSPS) is 12.6. The fourth-order valence-electron chi connectivity index (χ4n) is 2.55. The molecule has 0 aliphatic rings. The Bertz CT molecular complexity index is 463. The summed E-state index contributed by atoms with van der Waals surface area (Å²) in [7, 11) is -4.70. The topological polar surface area (TPSA) is 119 Å². The highest BCUT2D eigenvalue weighted by Gasteiger charge is 2.22. The molecule has 0 unspecified atom stereocenters. The molecule has 0 amide bonds. The van der Waals surface area contributed by atoms with Crippen molar-refractivity contribution < 1.29 is 37.9 Å². The van der Waals surface area contributed by atoms with E-state index in [2.05, 4.69) is 18.4 Å². The Morgan fingerprint density at radius 1 is 0.786 bits per heavy atom. The van der Waals surface area contributed by atoms with Crippen molar-refractivity contribution >= 4 is 19.8 Å². The van der Waals surface area contributed by atoms with E-state index in [1.165, 1.54) is 6.42 Å². The van der Waals surface area contributed by atoms with Gasteiger partial charge in [0, 0.05) is 12.8 Å². The van der Waals surface area contributed by atoms with Crippen LogP contribution in [-0.4, -0.2) is 41.0 Å². The zero-order chi connectivity index (χ0) is 21.3. The van der Waals surface area contributed by atoms with Crippen LogP contribution in [0.1, 0.15) is 90.9 Å². The molecule has 0 saturated carbocycles. The van der Waals surface area contributed by atoms with E-state index in [1.54, 1.807) is 0 Å². The Balaban J connectivity index is 4.23. The van der Waals surface area contributed by atoms with Gasteiger partial charge in [-0.2, -0.15) is 0 Å². The van der Waals surface area contributed by atoms with Crippen LogP contribution >= 0.6 is 7.82 Å². The maximum absolute atomic E-state index is 11.9. The lowest BCUT2D eigenvalue weighted by Gasteiger charge is -2.18. The van der Waals surface area contributed by atoms with Crippen molar-refractivity contribution in [2.24, 2.45) is 0 Å². The van der Waals surface area contributed by atoms with Gasteiger partial charge >= 0.3 is 19.8 Å². The Morgan fingerprint density at radius 2 is 1.29 bits per heavy atom. The third kappa shape index (κ3) is 18.4. The highest BCUT2D eigenvalue weighted by Crippen LogP contribution is 2.35. The maximum Gasteiger partial charge on any atom is 0.469 e. The van der Waals surface area contributed by atoms with Crippen LogP contribution in [0, 0.1) is 0 Å². The molecule has 28 heavy (non-hydrogen) atoms. The molecule has 1 atom stereocenters. The van der Waals surface area contributed by atoms with Gasteiger partial charge in [-0.15, -0.1) is 0 Å². The monoisotopic (exact) mass is 424 g/mol. The van der Waals surface area contributed by atoms with Crippen molar-refractivity contribution in [3.8, 4) is 0 Å². The number of hydrogen-bond acceptors (Lipinski definition) is 6. The van der Waals surface area contributed by atoms with Gasteiger partial charge in [0.1, 0.15) is 6.61 Å². The summed E-state index contributed by atoms with van der Waals surface area (Å²) in [5.41, 5.74) is 0. The van der Waals surface area contributed by atoms with E-state index in [9.17, 15) is 14.2 Å². The molecule has 0 aliphatic heterocycles. The fourth-order valence-corrected chi connectivity index (χ4v) is 2.91. The van der Waals surface area contributed by atoms with Crippen molar-refractivity contribution in [3.63, 3.8) is 0 Å². The van der Waals surface area contributed by atoms with E-state index in [0.717, 1.165) is 51.4 Å².